The number of hydrogen-bond acceptors (Lipinski definition) is 4. The molecule has 0 radical (unpaired) electrons. The van der Waals surface area contributed by atoms with E-state index in [1.807, 2.05) is 24.3 Å². The lowest BCUT2D eigenvalue weighted by Gasteiger charge is -2.04. The van der Waals surface area contributed by atoms with Crippen LogP contribution in [0.15, 0.2) is 35.1 Å². The molecule has 6 nitrogen and oxygen atoms in total. The summed E-state index contributed by atoms with van der Waals surface area (Å²) in [5, 5.41) is 2.84. The zero-order chi connectivity index (χ0) is 14.8. The highest BCUT2D eigenvalue weighted by molar-refractivity contribution is 9.10. The van der Waals surface area contributed by atoms with Gasteiger partial charge >= 0.3 is 0 Å². The van der Waals surface area contributed by atoms with Crippen molar-refractivity contribution in [1.82, 2.24) is 19.9 Å². The number of benzene rings is 1. The van der Waals surface area contributed by atoms with E-state index < -0.39 is 0 Å². The van der Waals surface area contributed by atoms with Gasteiger partial charge < -0.3 is 4.98 Å². The van der Waals surface area contributed by atoms with E-state index in [1.54, 1.807) is 0 Å². The third kappa shape index (κ3) is 3.20. The lowest BCUT2D eigenvalue weighted by molar-refractivity contribution is -0.115. The van der Waals surface area contributed by atoms with Gasteiger partial charge in [-0.3, -0.25) is 10.1 Å². The fourth-order valence-corrected chi connectivity index (χ4v) is 2.29. The van der Waals surface area contributed by atoms with Crippen molar-refractivity contribution in [2.24, 2.45) is 0 Å². The maximum absolute atomic E-state index is 12.0. The summed E-state index contributed by atoms with van der Waals surface area (Å²) >= 11 is 9.33. The zero-order valence-corrected chi connectivity index (χ0v) is 12.9. The van der Waals surface area contributed by atoms with Crippen LogP contribution in [0, 0.1) is 0 Å². The third-order valence-corrected chi connectivity index (χ3v) is 3.57. The molecule has 21 heavy (non-hydrogen) atoms. The lowest BCUT2D eigenvalue weighted by atomic mass is 10.1. The van der Waals surface area contributed by atoms with Gasteiger partial charge in [-0.25, -0.2) is 4.98 Å². The molecule has 8 heteroatoms. The highest BCUT2D eigenvalue weighted by Gasteiger charge is 2.11. The van der Waals surface area contributed by atoms with Crippen LogP contribution >= 0.6 is 27.5 Å². The Hall–Kier alpha value is -1.99. The van der Waals surface area contributed by atoms with Crippen LogP contribution in [0.1, 0.15) is 5.56 Å². The van der Waals surface area contributed by atoms with Crippen molar-refractivity contribution < 1.29 is 4.79 Å². The first-order valence-electron chi connectivity index (χ1n) is 6.03. The number of anilines is 1. The molecule has 1 amide bonds. The first-order valence-corrected chi connectivity index (χ1v) is 7.20. The molecule has 0 spiro atoms. The van der Waals surface area contributed by atoms with Crippen molar-refractivity contribution >= 4 is 50.6 Å². The molecule has 2 aromatic heterocycles. The molecule has 3 aromatic rings. The number of nitrogens with one attached hydrogen (secondary N) is 2. The van der Waals surface area contributed by atoms with Crippen LogP contribution in [0.4, 0.5) is 5.95 Å². The Labute approximate surface area is 133 Å². The first kappa shape index (κ1) is 14.0. The Kier molecular flexibility index (Phi) is 3.85. The summed E-state index contributed by atoms with van der Waals surface area (Å²) in [5.74, 6) is -0.0787. The number of nitrogens with zero attached hydrogens (tertiary/aromatic N) is 3. The van der Waals surface area contributed by atoms with E-state index in [9.17, 15) is 4.79 Å². The van der Waals surface area contributed by atoms with E-state index in [0.717, 1.165) is 10.0 Å². The lowest BCUT2D eigenvalue weighted by Crippen LogP contribution is -2.16. The SMILES string of the molecule is O=C(Cc1ccc(Br)cc1)Nc1nc(Cl)c2[nH]cnc2n1. The van der Waals surface area contributed by atoms with Gasteiger partial charge in [0.2, 0.25) is 11.9 Å². The fraction of sp³-hybridized carbons (Fsp3) is 0.0769. The first-order chi connectivity index (χ1) is 10.1. The summed E-state index contributed by atoms with van der Waals surface area (Å²) in [6, 6.07) is 7.50. The molecule has 0 unspecified atom stereocenters. The number of aromatic amines is 1. The number of fused-ring (bicyclic) bond motifs is 1. The molecule has 0 bridgehead atoms. The largest absolute Gasteiger partial charge is 0.341 e. The minimum absolute atomic E-state index is 0.140. The van der Waals surface area contributed by atoms with Gasteiger partial charge in [-0.1, -0.05) is 39.7 Å². The molecular weight excluding hydrogens is 358 g/mol. The van der Waals surface area contributed by atoms with Crippen molar-refractivity contribution in [3.05, 3.63) is 45.8 Å². The van der Waals surface area contributed by atoms with E-state index in [4.69, 9.17) is 11.6 Å². The minimum atomic E-state index is -0.219. The topological polar surface area (TPSA) is 83.6 Å². The van der Waals surface area contributed by atoms with Gasteiger partial charge in [0.15, 0.2) is 10.8 Å². The molecule has 1 aromatic carbocycles. The third-order valence-electron chi connectivity index (χ3n) is 2.77. The average molecular weight is 367 g/mol. The van der Waals surface area contributed by atoms with E-state index in [-0.39, 0.29) is 23.4 Å². The van der Waals surface area contributed by atoms with Crippen LogP contribution in [-0.4, -0.2) is 25.8 Å². The number of halogens is 2. The molecule has 0 aliphatic heterocycles. The molecule has 3 rings (SSSR count). The van der Waals surface area contributed by atoms with Crippen LogP contribution in [0.2, 0.25) is 5.15 Å². The summed E-state index contributed by atoms with van der Waals surface area (Å²) in [5.41, 5.74) is 1.85. The van der Waals surface area contributed by atoms with Gasteiger partial charge in [-0.2, -0.15) is 9.97 Å². The van der Waals surface area contributed by atoms with Gasteiger partial charge in [0.05, 0.1) is 12.7 Å². The smallest absolute Gasteiger partial charge is 0.233 e. The second-order valence-corrected chi connectivity index (χ2v) is 5.56. The summed E-state index contributed by atoms with van der Waals surface area (Å²) in [6.45, 7) is 0. The van der Waals surface area contributed by atoms with Gasteiger partial charge in [-0.05, 0) is 17.7 Å². The molecule has 0 atom stereocenters. The zero-order valence-electron chi connectivity index (χ0n) is 10.6. The quantitative estimate of drug-likeness (QED) is 0.698. The maximum Gasteiger partial charge on any atom is 0.233 e. The number of hydrogen-bond donors (Lipinski definition) is 2. The fourth-order valence-electron chi connectivity index (χ4n) is 1.81. The van der Waals surface area contributed by atoms with Crippen molar-refractivity contribution in [3.8, 4) is 0 Å². The molecule has 0 saturated carbocycles. The maximum atomic E-state index is 12.0. The van der Waals surface area contributed by atoms with Crippen LogP contribution in [0.5, 0.6) is 0 Å². The van der Waals surface area contributed by atoms with Crippen LogP contribution in [0.3, 0.4) is 0 Å². The number of rotatable bonds is 3. The number of carbonyl (C=O) groups excluding carboxylic acids is 1. The van der Waals surface area contributed by atoms with Gasteiger partial charge in [-0.15, -0.1) is 0 Å². The highest BCUT2D eigenvalue weighted by Crippen LogP contribution is 2.18. The van der Waals surface area contributed by atoms with Gasteiger partial charge in [0.25, 0.3) is 0 Å². The summed E-state index contributed by atoms with van der Waals surface area (Å²) in [6.07, 6.45) is 1.70. The second kappa shape index (κ2) is 5.79. The Morgan fingerprint density at radius 3 is 2.81 bits per heavy atom. The van der Waals surface area contributed by atoms with E-state index >= 15 is 0 Å². The molecule has 0 saturated heterocycles. The second-order valence-electron chi connectivity index (χ2n) is 4.29. The number of carbonyl (C=O) groups is 1. The van der Waals surface area contributed by atoms with Crippen molar-refractivity contribution in [3.63, 3.8) is 0 Å². The number of H-pyrrole nitrogens is 1. The summed E-state index contributed by atoms with van der Waals surface area (Å²) in [7, 11) is 0. The average Bonchev–Trinajstić information content (AvgIpc) is 2.90. The Morgan fingerprint density at radius 1 is 1.29 bits per heavy atom. The van der Waals surface area contributed by atoms with E-state index in [2.05, 4.69) is 41.2 Å². The predicted molar refractivity (Wildman–Crippen MR) is 83.2 cm³/mol. The monoisotopic (exact) mass is 365 g/mol. The number of amides is 1. The Balaban J connectivity index is 1.75. The van der Waals surface area contributed by atoms with Crippen molar-refractivity contribution in [2.75, 3.05) is 5.32 Å². The van der Waals surface area contributed by atoms with Crippen molar-refractivity contribution in [1.29, 1.82) is 0 Å². The molecule has 2 N–H and O–H groups in total. The number of imidazole rings is 1. The van der Waals surface area contributed by atoms with Gasteiger partial charge in [0.1, 0.15) is 5.52 Å². The van der Waals surface area contributed by atoms with E-state index in [1.165, 1.54) is 6.33 Å². The van der Waals surface area contributed by atoms with E-state index in [0.29, 0.717) is 11.2 Å². The summed E-state index contributed by atoms with van der Waals surface area (Å²) < 4.78 is 0.964. The molecule has 106 valence electrons. The number of aromatic nitrogens is 4. The van der Waals surface area contributed by atoms with Crippen LogP contribution in [0.25, 0.3) is 11.2 Å². The molecule has 0 fully saturated rings. The van der Waals surface area contributed by atoms with Crippen molar-refractivity contribution in [2.45, 2.75) is 6.42 Å². The van der Waals surface area contributed by atoms with Gasteiger partial charge in [0, 0.05) is 4.47 Å². The summed E-state index contributed by atoms with van der Waals surface area (Å²) in [4.78, 5) is 26.9. The normalized spacial score (nSPS) is 10.8. The molecule has 2 heterocycles. The highest BCUT2D eigenvalue weighted by atomic mass is 79.9. The molecular formula is C13H9BrClN5O. The standard InChI is InChI=1S/C13H9BrClN5O/c14-8-3-1-7(2-4-8)5-9(21)18-13-19-11(15)10-12(20-13)17-6-16-10/h1-4,6H,5H2,(H2,16,17,18,19,20,21). The molecule has 0 aliphatic carbocycles. The Bertz CT molecular complexity index is 802. The minimum Gasteiger partial charge on any atom is -0.341 e. The Morgan fingerprint density at radius 2 is 2.05 bits per heavy atom. The van der Waals surface area contributed by atoms with Crippen LogP contribution < -0.4 is 5.32 Å². The molecule has 0 aliphatic rings. The predicted octanol–water partition coefficient (Wildman–Crippen LogP) is 2.95. The van der Waals surface area contributed by atoms with Crippen LogP contribution in [-0.2, 0) is 11.2 Å².